The van der Waals surface area contributed by atoms with Crippen LogP contribution in [0.2, 0.25) is 0 Å². The van der Waals surface area contributed by atoms with Crippen LogP contribution >= 0.6 is 15.9 Å². The van der Waals surface area contributed by atoms with Gasteiger partial charge in [0.25, 0.3) is 0 Å². The highest BCUT2D eigenvalue weighted by atomic mass is 79.9. The molecule has 0 aliphatic rings. The molecule has 0 aliphatic heterocycles. The molecule has 0 saturated carbocycles. The number of hydrogen-bond donors (Lipinski definition) is 0. The SMILES string of the molecule is N#Cc1ccc2c(ccn2Cc2ccc(Br)o2)c1. The Bertz CT molecular complexity index is 749. The van der Waals surface area contributed by atoms with Gasteiger partial charge in [-0.3, -0.25) is 0 Å². The van der Waals surface area contributed by atoms with Crippen molar-refractivity contribution in [2.24, 2.45) is 0 Å². The van der Waals surface area contributed by atoms with Gasteiger partial charge in [-0.1, -0.05) is 0 Å². The van der Waals surface area contributed by atoms with Gasteiger partial charge in [-0.2, -0.15) is 5.26 Å². The number of rotatable bonds is 2. The van der Waals surface area contributed by atoms with Gasteiger partial charge in [0.05, 0.1) is 18.2 Å². The highest BCUT2D eigenvalue weighted by Crippen LogP contribution is 2.20. The van der Waals surface area contributed by atoms with E-state index in [0.717, 1.165) is 21.3 Å². The minimum atomic E-state index is 0.681. The number of benzene rings is 1. The maximum Gasteiger partial charge on any atom is 0.169 e. The van der Waals surface area contributed by atoms with Crippen molar-refractivity contribution in [3.8, 4) is 6.07 Å². The predicted octanol–water partition coefficient (Wildman–Crippen LogP) is 3.92. The Morgan fingerprint density at radius 1 is 1.22 bits per heavy atom. The third-order valence-corrected chi connectivity index (χ3v) is 3.28. The molecule has 0 atom stereocenters. The van der Waals surface area contributed by atoms with Crippen molar-refractivity contribution in [3.05, 3.63) is 58.6 Å². The average molecular weight is 301 g/mol. The van der Waals surface area contributed by atoms with Gasteiger partial charge in [-0.15, -0.1) is 0 Å². The first-order chi connectivity index (χ1) is 8.76. The summed E-state index contributed by atoms with van der Waals surface area (Å²) in [5.74, 6) is 0.892. The summed E-state index contributed by atoms with van der Waals surface area (Å²) < 4.78 is 8.33. The summed E-state index contributed by atoms with van der Waals surface area (Å²) in [5.41, 5.74) is 1.78. The summed E-state index contributed by atoms with van der Waals surface area (Å²) >= 11 is 3.29. The van der Waals surface area contributed by atoms with Crippen molar-refractivity contribution in [2.45, 2.75) is 6.54 Å². The molecule has 0 fully saturated rings. The van der Waals surface area contributed by atoms with Crippen molar-refractivity contribution in [1.29, 1.82) is 5.26 Å². The van der Waals surface area contributed by atoms with E-state index in [9.17, 15) is 0 Å². The molecule has 0 radical (unpaired) electrons. The lowest BCUT2D eigenvalue weighted by Crippen LogP contribution is -1.96. The molecule has 0 spiro atoms. The lowest BCUT2D eigenvalue weighted by atomic mass is 10.2. The average Bonchev–Trinajstić information content (AvgIpc) is 2.96. The number of halogens is 1. The van der Waals surface area contributed by atoms with Crippen molar-refractivity contribution in [2.75, 3.05) is 0 Å². The summed E-state index contributed by atoms with van der Waals surface area (Å²) in [5, 5.41) is 9.93. The Morgan fingerprint density at radius 2 is 2.11 bits per heavy atom. The number of hydrogen-bond acceptors (Lipinski definition) is 2. The van der Waals surface area contributed by atoms with Crippen molar-refractivity contribution < 1.29 is 4.42 Å². The van der Waals surface area contributed by atoms with Crippen molar-refractivity contribution in [3.63, 3.8) is 0 Å². The summed E-state index contributed by atoms with van der Waals surface area (Å²) in [4.78, 5) is 0. The fourth-order valence-corrected chi connectivity index (χ4v) is 2.35. The van der Waals surface area contributed by atoms with Crippen molar-refractivity contribution in [1.82, 2.24) is 4.57 Å². The highest BCUT2D eigenvalue weighted by Gasteiger charge is 2.05. The molecule has 2 heterocycles. The maximum absolute atomic E-state index is 8.86. The molecule has 0 N–H and O–H groups in total. The highest BCUT2D eigenvalue weighted by molar-refractivity contribution is 9.10. The normalized spacial score (nSPS) is 10.7. The topological polar surface area (TPSA) is 41.9 Å². The standard InChI is InChI=1S/C14H9BrN2O/c15-14-4-2-12(18-14)9-17-6-5-11-7-10(8-16)1-3-13(11)17/h1-7H,9H2. The van der Waals surface area contributed by atoms with Gasteiger partial charge >= 0.3 is 0 Å². The van der Waals surface area contributed by atoms with E-state index in [1.165, 1.54) is 0 Å². The largest absolute Gasteiger partial charge is 0.452 e. The van der Waals surface area contributed by atoms with Crippen LogP contribution in [0.5, 0.6) is 0 Å². The van der Waals surface area contributed by atoms with Gasteiger partial charge in [0.15, 0.2) is 4.67 Å². The third-order valence-electron chi connectivity index (χ3n) is 2.86. The predicted molar refractivity (Wildman–Crippen MR) is 72.2 cm³/mol. The van der Waals surface area contributed by atoms with Crippen molar-refractivity contribution >= 4 is 26.8 Å². The molecule has 3 nitrogen and oxygen atoms in total. The van der Waals surface area contributed by atoms with Gasteiger partial charge in [-0.05, 0) is 52.3 Å². The van der Waals surface area contributed by atoms with Crippen LogP contribution in [0.4, 0.5) is 0 Å². The van der Waals surface area contributed by atoms with Gasteiger partial charge in [0, 0.05) is 17.1 Å². The zero-order chi connectivity index (χ0) is 12.5. The fraction of sp³-hybridized carbons (Fsp3) is 0.0714. The first-order valence-corrected chi connectivity index (χ1v) is 6.29. The monoisotopic (exact) mass is 300 g/mol. The van der Waals surface area contributed by atoms with E-state index < -0.39 is 0 Å². The molecule has 0 aliphatic carbocycles. The first kappa shape index (κ1) is 11.1. The molecule has 2 aromatic heterocycles. The van der Waals surface area contributed by atoms with E-state index in [0.29, 0.717) is 12.1 Å². The van der Waals surface area contributed by atoms with Gasteiger partial charge in [-0.25, -0.2) is 0 Å². The van der Waals surface area contributed by atoms with Gasteiger partial charge < -0.3 is 8.98 Å². The zero-order valence-electron chi connectivity index (χ0n) is 9.43. The number of nitriles is 1. The Kier molecular flexibility index (Phi) is 2.69. The second-order valence-electron chi connectivity index (χ2n) is 4.03. The summed E-state index contributed by atoms with van der Waals surface area (Å²) in [6.45, 7) is 0.682. The summed E-state index contributed by atoms with van der Waals surface area (Å²) in [7, 11) is 0. The molecule has 4 heteroatoms. The minimum Gasteiger partial charge on any atom is -0.452 e. The van der Waals surface area contributed by atoms with E-state index in [4.69, 9.17) is 9.68 Å². The van der Waals surface area contributed by atoms with Crippen LogP contribution < -0.4 is 0 Å². The second kappa shape index (κ2) is 4.35. The van der Waals surface area contributed by atoms with Crippen LogP contribution in [-0.4, -0.2) is 4.57 Å². The van der Waals surface area contributed by atoms with Gasteiger partial charge in [0.1, 0.15) is 5.76 Å². The quantitative estimate of drug-likeness (QED) is 0.720. The molecule has 0 amide bonds. The van der Waals surface area contributed by atoms with E-state index in [2.05, 4.69) is 26.6 Å². The number of furan rings is 1. The van der Waals surface area contributed by atoms with E-state index in [1.54, 1.807) is 0 Å². The number of fused-ring (bicyclic) bond motifs is 1. The molecule has 88 valence electrons. The molecule has 0 bridgehead atoms. The van der Waals surface area contributed by atoms with E-state index in [-0.39, 0.29) is 0 Å². The molecule has 0 unspecified atom stereocenters. The number of nitrogens with zero attached hydrogens (tertiary/aromatic N) is 2. The third kappa shape index (κ3) is 1.93. The van der Waals surface area contributed by atoms with E-state index in [1.807, 2.05) is 42.6 Å². The molecular formula is C14H9BrN2O. The Hall–Kier alpha value is -1.99. The molecule has 3 aromatic rings. The first-order valence-electron chi connectivity index (χ1n) is 5.49. The maximum atomic E-state index is 8.86. The zero-order valence-corrected chi connectivity index (χ0v) is 11.0. The lowest BCUT2D eigenvalue weighted by molar-refractivity contribution is 0.477. The Labute approximate surface area is 112 Å². The molecule has 3 rings (SSSR count). The smallest absolute Gasteiger partial charge is 0.169 e. The Balaban J connectivity index is 2.00. The number of aromatic nitrogens is 1. The van der Waals surface area contributed by atoms with E-state index >= 15 is 0 Å². The minimum absolute atomic E-state index is 0.681. The molecule has 1 aromatic carbocycles. The Morgan fingerprint density at radius 3 is 2.83 bits per heavy atom. The second-order valence-corrected chi connectivity index (χ2v) is 4.82. The molecular weight excluding hydrogens is 292 g/mol. The fourth-order valence-electron chi connectivity index (χ4n) is 2.01. The van der Waals surface area contributed by atoms with Gasteiger partial charge in [0.2, 0.25) is 0 Å². The van der Waals surface area contributed by atoms with Crippen LogP contribution in [0.25, 0.3) is 10.9 Å². The van der Waals surface area contributed by atoms with Crippen LogP contribution in [0.3, 0.4) is 0 Å². The van der Waals surface area contributed by atoms with Crippen LogP contribution in [0.1, 0.15) is 11.3 Å². The van der Waals surface area contributed by atoms with Crippen LogP contribution in [-0.2, 0) is 6.54 Å². The molecule has 0 saturated heterocycles. The molecule has 18 heavy (non-hydrogen) atoms. The lowest BCUT2D eigenvalue weighted by Gasteiger charge is -2.02. The summed E-state index contributed by atoms with van der Waals surface area (Å²) in [6.07, 6.45) is 2.00. The van der Waals surface area contributed by atoms with Crippen LogP contribution in [0.15, 0.2) is 51.7 Å². The summed E-state index contributed by atoms with van der Waals surface area (Å²) in [6, 6.07) is 13.7. The van der Waals surface area contributed by atoms with Crippen LogP contribution in [0, 0.1) is 11.3 Å².